The predicted octanol–water partition coefficient (Wildman–Crippen LogP) is 7.69. The molecule has 0 aromatic heterocycles. The topological polar surface area (TPSA) is 44.4 Å². The second kappa shape index (κ2) is 13.5. The molecular weight excluding hydrogens is 473 g/mol. The molecule has 0 atom stereocenters. The number of anilines is 2. The first-order valence-electron chi connectivity index (χ1n) is 13.2. The number of nitrogens with zero attached hydrogens (tertiary/aromatic N) is 1. The Morgan fingerprint density at radius 2 is 1.68 bits per heavy atom. The molecule has 1 aliphatic heterocycles. The van der Waals surface area contributed by atoms with Crippen molar-refractivity contribution in [3.8, 4) is 11.1 Å². The first kappa shape index (κ1) is 28.6. The SMILES string of the molecule is C=Cc1c(NCCCNC)c(F)cc2c1N(Cc1ccc(-c3ccccc3)cc1)C=C(C(C)=O)C2=C.CC. The van der Waals surface area contributed by atoms with Crippen molar-refractivity contribution in [1.82, 2.24) is 5.32 Å². The number of ketones is 1. The summed E-state index contributed by atoms with van der Waals surface area (Å²) in [6.45, 7) is 15.6. The summed E-state index contributed by atoms with van der Waals surface area (Å²) in [7, 11) is 1.89. The molecule has 3 aromatic carbocycles. The van der Waals surface area contributed by atoms with Gasteiger partial charge in [-0.1, -0.05) is 87.7 Å². The van der Waals surface area contributed by atoms with Gasteiger partial charge in [0.2, 0.25) is 0 Å². The van der Waals surface area contributed by atoms with E-state index in [4.69, 9.17) is 0 Å². The minimum atomic E-state index is -0.383. The van der Waals surface area contributed by atoms with Crippen LogP contribution in [0, 0.1) is 5.82 Å². The molecule has 0 saturated carbocycles. The third-order valence-corrected chi connectivity index (χ3v) is 6.41. The van der Waals surface area contributed by atoms with Crippen molar-refractivity contribution in [2.24, 2.45) is 0 Å². The van der Waals surface area contributed by atoms with E-state index in [-0.39, 0.29) is 11.6 Å². The van der Waals surface area contributed by atoms with Crippen molar-refractivity contribution < 1.29 is 9.18 Å². The van der Waals surface area contributed by atoms with Gasteiger partial charge >= 0.3 is 0 Å². The lowest BCUT2D eigenvalue weighted by atomic mass is 9.89. The molecule has 0 radical (unpaired) electrons. The van der Waals surface area contributed by atoms with Crippen LogP contribution in [-0.2, 0) is 11.3 Å². The molecule has 4 nitrogen and oxygen atoms in total. The minimum absolute atomic E-state index is 0.107. The van der Waals surface area contributed by atoms with Crippen molar-refractivity contribution in [3.63, 3.8) is 0 Å². The lowest BCUT2D eigenvalue weighted by molar-refractivity contribution is -0.113. The second-order valence-corrected chi connectivity index (χ2v) is 8.90. The van der Waals surface area contributed by atoms with E-state index < -0.39 is 0 Å². The fourth-order valence-electron chi connectivity index (χ4n) is 4.56. The average molecular weight is 512 g/mol. The van der Waals surface area contributed by atoms with Crippen LogP contribution in [0.15, 0.2) is 85.6 Å². The normalized spacial score (nSPS) is 12.2. The highest BCUT2D eigenvalue weighted by Gasteiger charge is 2.28. The third kappa shape index (κ3) is 6.29. The summed E-state index contributed by atoms with van der Waals surface area (Å²) in [6.07, 6.45) is 4.35. The lowest BCUT2D eigenvalue weighted by Gasteiger charge is -2.33. The Morgan fingerprint density at radius 1 is 1.03 bits per heavy atom. The standard InChI is InChI=1S/C31H32FN3O.C2H6/c1-5-26-30(34-17-9-16-33-4)29(32)18-27-21(2)28(22(3)36)20-35(31(26)27)19-23-12-14-25(15-13-23)24-10-7-6-8-11-24;1-2/h5-8,10-15,18,20,33-34H,1-2,9,16-17,19H2,3-4H3;1-2H3. The number of fused-ring (bicyclic) bond motifs is 1. The number of nitrogens with one attached hydrogen (secondary N) is 2. The average Bonchev–Trinajstić information content (AvgIpc) is 2.94. The first-order valence-corrected chi connectivity index (χ1v) is 13.2. The summed E-state index contributed by atoms with van der Waals surface area (Å²) >= 11 is 0. The summed E-state index contributed by atoms with van der Waals surface area (Å²) < 4.78 is 15.3. The van der Waals surface area contributed by atoms with Gasteiger partial charge in [0.25, 0.3) is 0 Å². The first-order chi connectivity index (χ1) is 18.4. The highest BCUT2D eigenvalue weighted by atomic mass is 19.1. The molecule has 0 bridgehead atoms. The number of Topliss-reactive ketones (excluding diaryl/α,β-unsaturated/α-hetero) is 1. The zero-order valence-corrected chi connectivity index (χ0v) is 22.9. The molecule has 0 amide bonds. The van der Waals surface area contributed by atoms with Crippen molar-refractivity contribution in [3.05, 3.63) is 108 Å². The van der Waals surface area contributed by atoms with Crippen molar-refractivity contribution in [2.75, 3.05) is 30.4 Å². The van der Waals surface area contributed by atoms with Gasteiger partial charge in [-0.25, -0.2) is 4.39 Å². The molecule has 198 valence electrons. The minimum Gasteiger partial charge on any atom is -0.382 e. The van der Waals surface area contributed by atoms with Crippen LogP contribution in [0.2, 0.25) is 0 Å². The number of carbonyl (C=O) groups excluding carboxylic acids is 1. The predicted molar refractivity (Wildman–Crippen MR) is 161 cm³/mol. The van der Waals surface area contributed by atoms with Gasteiger partial charge in [0.15, 0.2) is 5.78 Å². The maximum absolute atomic E-state index is 15.3. The van der Waals surface area contributed by atoms with E-state index in [0.29, 0.717) is 41.1 Å². The molecule has 5 heteroatoms. The molecule has 0 fully saturated rings. The molecule has 2 N–H and O–H groups in total. The monoisotopic (exact) mass is 511 g/mol. The molecule has 0 unspecified atom stereocenters. The molecule has 1 aliphatic rings. The van der Waals surface area contributed by atoms with Crippen LogP contribution in [0.3, 0.4) is 0 Å². The number of benzene rings is 3. The summed E-state index contributed by atoms with van der Waals surface area (Å²) in [5, 5.41) is 6.35. The van der Waals surface area contributed by atoms with Crippen LogP contribution in [0.1, 0.15) is 43.9 Å². The molecule has 0 aliphatic carbocycles. The Balaban J connectivity index is 0.00000195. The number of halogens is 1. The lowest BCUT2D eigenvalue weighted by Crippen LogP contribution is -2.25. The van der Waals surface area contributed by atoms with Gasteiger partial charge in [0.05, 0.1) is 11.4 Å². The van der Waals surface area contributed by atoms with E-state index in [1.54, 1.807) is 6.08 Å². The van der Waals surface area contributed by atoms with Gasteiger partial charge in [-0.05, 0) is 55.3 Å². The zero-order valence-electron chi connectivity index (χ0n) is 22.9. The Bertz CT molecular complexity index is 1310. The van der Waals surface area contributed by atoms with Gasteiger partial charge in [-0.3, -0.25) is 4.79 Å². The van der Waals surface area contributed by atoms with E-state index in [0.717, 1.165) is 35.3 Å². The van der Waals surface area contributed by atoms with Gasteiger partial charge in [0, 0.05) is 36.0 Å². The van der Waals surface area contributed by atoms with Crippen LogP contribution in [0.25, 0.3) is 22.8 Å². The highest BCUT2D eigenvalue weighted by molar-refractivity contribution is 6.12. The maximum Gasteiger partial charge on any atom is 0.161 e. The fraction of sp³-hybridized carbons (Fsp3) is 0.242. The van der Waals surface area contributed by atoms with E-state index >= 15 is 4.39 Å². The van der Waals surface area contributed by atoms with Crippen molar-refractivity contribution >= 4 is 28.8 Å². The number of hydrogen-bond acceptors (Lipinski definition) is 4. The number of rotatable bonds is 10. The van der Waals surface area contributed by atoms with Gasteiger partial charge in [0.1, 0.15) is 5.82 Å². The van der Waals surface area contributed by atoms with Gasteiger partial charge < -0.3 is 15.5 Å². The molecule has 4 rings (SSSR count). The highest BCUT2D eigenvalue weighted by Crippen LogP contribution is 2.44. The van der Waals surface area contributed by atoms with Crippen molar-refractivity contribution in [1.29, 1.82) is 0 Å². The van der Waals surface area contributed by atoms with Crippen LogP contribution in [-0.4, -0.2) is 25.9 Å². The molecule has 1 heterocycles. The Morgan fingerprint density at radius 3 is 2.29 bits per heavy atom. The van der Waals surface area contributed by atoms with E-state index in [9.17, 15) is 4.79 Å². The molecule has 3 aromatic rings. The molecule has 0 spiro atoms. The molecule has 0 saturated heterocycles. The number of allylic oxidation sites excluding steroid dienone is 2. The number of hydrogen-bond donors (Lipinski definition) is 2. The Hall–Kier alpha value is -3.96. The largest absolute Gasteiger partial charge is 0.382 e. The zero-order chi connectivity index (χ0) is 27.7. The Kier molecular flexibility index (Phi) is 10.2. The fourth-order valence-corrected chi connectivity index (χ4v) is 4.56. The Labute approximate surface area is 226 Å². The van der Waals surface area contributed by atoms with Crippen molar-refractivity contribution in [2.45, 2.75) is 33.7 Å². The van der Waals surface area contributed by atoms with E-state index in [2.05, 4.69) is 60.2 Å². The number of carbonyl (C=O) groups is 1. The third-order valence-electron chi connectivity index (χ3n) is 6.41. The van der Waals surface area contributed by atoms with Crippen LogP contribution >= 0.6 is 0 Å². The van der Waals surface area contributed by atoms with E-state index in [1.165, 1.54) is 13.0 Å². The smallest absolute Gasteiger partial charge is 0.161 e. The second-order valence-electron chi connectivity index (χ2n) is 8.90. The maximum atomic E-state index is 15.3. The van der Waals surface area contributed by atoms with E-state index in [1.807, 2.05) is 50.2 Å². The molecular formula is C33H38FN3O. The van der Waals surface area contributed by atoms with Gasteiger partial charge in [-0.15, -0.1) is 0 Å². The quantitative estimate of drug-likeness (QED) is 0.274. The summed E-state index contributed by atoms with van der Waals surface area (Å²) in [5.41, 5.74) is 6.84. The van der Waals surface area contributed by atoms with Crippen LogP contribution in [0.4, 0.5) is 15.8 Å². The summed E-state index contributed by atoms with van der Waals surface area (Å²) in [5.74, 6) is -0.490. The summed E-state index contributed by atoms with van der Waals surface area (Å²) in [6, 6.07) is 20.1. The van der Waals surface area contributed by atoms with Gasteiger partial charge in [-0.2, -0.15) is 0 Å². The summed E-state index contributed by atoms with van der Waals surface area (Å²) in [4.78, 5) is 14.4. The van der Waals surface area contributed by atoms with Crippen LogP contribution < -0.4 is 15.5 Å². The van der Waals surface area contributed by atoms with Crippen LogP contribution in [0.5, 0.6) is 0 Å². The molecule has 38 heavy (non-hydrogen) atoms.